The molecule has 25 heavy (non-hydrogen) atoms. The number of hydrogen-bond acceptors (Lipinski definition) is 0. The van der Waals surface area contributed by atoms with Crippen molar-refractivity contribution < 1.29 is 0 Å². The van der Waals surface area contributed by atoms with Gasteiger partial charge < -0.3 is 0 Å². The molecule has 3 aromatic carbocycles. The molecule has 0 saturated carbocycles. The summed E-state index contributed by atoms with van der Waals surface area (Å²) >= 11 is 0. The first-order valence-electron chi connectivity index (χ1n) is 9.11. The van der Waals surface area contributed by atoms with E-state index in [4.69, 9.17) is 0 Å². The predicted molar refractivity (Wildman–Crippen MR) is 108 cm³/mol. The maximum atomic E-state index is 2.39. The van der Waals surface area contributed by atoms with E-state index in [0.717, 1.165) is 6.42 Å². The van der Waals surface area contributed by atoms with Crippen LogP contribution in [0.3, 0.4) is 0 Å². The molecular formula is C25H23. The third kappa shape index (κ3) is 2.93. The topological polar surface area (TPSA) is 0 Å². The van der Waals surface area contributed by atoms with Gasteiger partial charge in [0.1, 0.15) is 0 Å². The van der Waals surface area contributed by atoms with Gasteiger partial charge in [0.05, 0.1) is 0 Å². The van der Waals surface area contributed by atoms with Crippen molar-refractivity contribution in [2.45, 2.75) is 26.7 Å². The summed E-state index contributed by atoms with van der Waals surface area (Å²) in [6.07, 6.45) is 7.08. The smallest absolute Gasteiger partial charge is 0.0164 e. The van der Waals surface area contributed by atoms with Crippen molar-refractivity contribution >= 4 is 6.08 Å². The fourth-order valence-corrected chi connectivity index (χ4v) is 3.81. The van der Waals surface area contributed by atoms with Crippen LogP contribution in [0.25, 0.3) is 28.3 Å². The average Bonchev–Trinajstić information content (AvgIpc) is 3.05. The Bertz CT molecular complexity index is 930. The molecule has 0 heterocycles. The van der Waals surface area contributed by atoms with Gasteiger partial charge in [0, 0.05) is 6.42 Å². The van der Waals surface area contributed by atoms with Crippen LogP contribution in [-0.4, -0.2) is 0 Å². The monoisotopic (exact) mass is 323 g/mol. The van der Waals surface area contributed by atoms with Crippen LogP contribution in [0.1, 0.15) is 36.5 Å². The minimum atomic E-state index is 1.15. The summed E-state index contributed by atoms with van der Waals surface area (Å²) in [6, 6.07) is 24.0. The quantitative estimate of drug-likeness (QED) is 0.481. The molecule has 0 amide bonds. The lowest BCUT2D eigenvalue weighted by atomic mass is 9.88. The molecular weight excluding hydrogens is 300 g/mol. The van der Waals surface area contributed by atoms with Crippen LogP contribution in [0.2, 0.25) is 0 Å². The second kappa shape index (κ2) is 6.72. The van der Waals surface area contributed by atoms with E-state index in [1.807, 2.05) is 0 Å². The molecule has 4 rings (SSSR count). The lowest BCUT2D eigenvalue weighted by Crippen LogP contribution is -1.93. The molecule has 3 aromatic rings. The molecule has 0 saturated heterocycles. The fraction of sp³-hybridized carbons (Fsp3) is 0.160. The largest absolute Gasteiger partial charge is 0.0651 e. The minimum Gasteiger partial charge on any atom is -0.0651 e. The van der Waals surface area contributed by atoms with Crippen molar-refractivity contribution in [2.75, 3.05) is 0 Å². The van der Waals surface area contributed by atoms with Crippen LogP contribution in [0.5, 0.6) is 0 Å². The van der Waals surface area contributed by atoms with Gasteiger partial charge in [-0.25, -0.2) is 0 Å². The van der Waals surface area contributed by atoms with E-state index < -0.39 is 0 Å². The molecule has 1 aliphatic carbocycles. The zero-order valence-electron chi connectivity index (χ0n) is 14.9. The van der Waals surface area contributed by atoms with Gasteiger partial charge in [-0.15, -0.1) is 0 Å². The van der Waals surface area contributed by atoms with Crippen molar-refractivity contribution in [1.82, 2.24) is 0 Å². The average molecular weight is 323 g/mol. The molecule has 1 aliphatic rings. The van der Waals surface area contributed by atoms with Gasteiger partial charge in [0.15, 0.2) is 0 Å². The van der Waals surface area contributed by atoms with Crippen LogP contribution in [0.15, 0.2) is 72.3 Å². The second-order valence-corrected chi connectivity index (χ2v) is 6.79. The van der Waals surface area contributed by atoms with Crippen LogP contribution in [0, 0.1) is 13.3 Å². The van der Waals surface area contributed by atoms with E-state index in [-0.39, 0.29) is 0 Å². The van der Waals surface area contributed by atoms with Gasteiger partial charge in [0.25, 0.3) is 0 Å². The molecule has 0 bridgehead atoms. The highest BCUT2D eigenvalue weighted by Gasteiger charge is 2.20. The van der Waals surface area contributed by atoms with Crippen molar-refractivity contribution in [3.63, 3.8) is 0 Å². The highest BCUT2D eigenvalue weighted by Crippen LogP contribution is 2.41. The zero-order chi connectivity index (χ0) is 17.2. The van der Waals surface area contributed by atoms with Crippen molar-refractivity contribution in [1.29, 1.82) is 0 Å². The maximum absolute atomic E-state index is 2.39. The summed E-state index contributed by atoms with van der Waals surface area (Å²) in [5.41, 5.74) is 10.8. The van der Waals surface area contributed by atoms with Crippen molar-refractivity contribution in [2.24, 2.45) is 0 Å². The first-order valence-corrected chi connectivity index (χ1v) is 9.11. The number of allylic oxidation sites excluding steroid dienone is 1. The van der Waals surface area contributed by atoms with E-state index in [1.54, 1.807) is 0 Å². The molecule has 0 fully saturated rings. The summed E-state index contributed by atoms with van der Waals surface area (Å²) in [4.78, 5) is 0. The third-order valence-electron chi connectivity index (χ3n) is 4.98. The number of fused-ring (bicyclic) bond motifs is 1. The predicted octanol–water partition coefficient (Wildman–Crippen LogP) is 7.08. The molecule has 0 unspecified atom stereocenters. The fourth-order valence-electron chi connectivity index (χ4n) is 3.81. The molecule has 0 atom stereocenters. The Morgan fingerprint density at radius 2 is 1.48 bits per heavy atom. The van der Waals surface area contributed by atoms with E-state index in [9.17, 15) is 0 Å². The molecule has 0 aliphatic heterocycles. The molecule has 0 nitrogen and oxygen atoms in total. The maximum Gasteiger partial charge on any atom is 0.0164 e. The van der Waals surface area contributed by atoms with Crippen LogP contribution < -0.4 is 0 Å². The third-order valence-corrected chi connectivity index (χ3v) is 4.98. The summed E-state index contributed by atoms with van der Waals surface area (Å²) in [7, 11) is 0. The minimum absolute atomic E-state index is 1.15. The first kappa shape index (κ1) is 15.9. The van der Waals surface area contributed by atoms with Crippen LogP contribution in [0.4, 0.5) is 0 Å². The van der Waals surface area contributed by atoms with Crippen LogP contribution >= 0.6 is 0 Å². The number of aryl methyl sites for hydroxylation is 1. The molecule has 0 spiro atoms. The van der Waals surface area contributed by atoms with E-state index >= 15 is 0 Å². The normalized spacial score (nSPS) is 12.8. The Labute approximate surface area is 150 Å². The van der Waals surface area contributed by atoms with Gasteiger partial charge in [-0.3, -0.25) is 0 Å². The Hall–Kier alpha value is -2.60. The number of benzene rings is 3. The molecule has 123 valence electrons. The van der Waals surface area contributed by atoms with E-state index in [0.29, 0.717) is 0 Å². The summed E-state index contributed by atoms with van der Waals surface area (Å²) in [5.74, 6) is 0. The highest BCUT2D eigenvalue weighted by molar-refractivity contribution is 5.92. The van der Waals surface area contributed by atoms with Gasteiger partial charge >= 0.3 is 0 Å². The molecule has 1 radical (unpaired) electrons. The standard InChI is InChI=1S/C25H23/c1-3-9-19-16-21-15-14-18(2)25(24(21)17-19)23-13-8-7-12-22(23)20-10-5-4-6-11-20/h4-8,10-17H,3,9H2,1-2H3. The highest BCUT2D eigenvalue weighted by atomic mass is 14.2. The Kier molecular flexibility index (Phi) is 4.28. The lowest BCUT2D eigenvalue weighted by molar-refractivity contribution is 0.924. The lowest BCUT2D eigenvalue weighted by Gasteiger charge is -2.16. The Morgan fingerprint density at radius 3 is 2.24 bits per heavy atom. The van der Waals surface area contributed by atoms with Gasteiger partial charge in [-0.1, -0.05) is 91.7 Å². The van der Waals surface area contributed by atoms with Crippen molar-refractivity contribution in [3.05, 3.63) is 95.4 Å². The van der Waals surface area contributed by atoms with E-state index in [2.05, 4.69) is 93.1 Å². The Balaban J connectivity index is 1.92. The van der Waals surface area contributed by atoms with E-state index in [1.165, 1.54) is 50.9 Å². The number of hydrogen-bond donors (Lipinski definition) is 0. The molecule has 0 N–H and O–H groups in total. The zero-order valence-corrected chi connectivity index (χ0v) is 14.9. The second-order valence-electron chi connectivity index (χ2n) is 6.79. The summed E-state index contributed by atoms with van der Waals surface area (Å²) in [6.45, 7) is 4.47. The first-order chi connectivity index (χ1) is 12.3. The molecule has 0 heteroatoms. The SMILES string of the molecule is CCCC1=Cc2c(ccc(C)c2-c2ccccc2-c2ccccc2)[CH]1. The van der Waals surface area contributed by atoms with Gasteiger partial charge in [-0.05, 0) is 52.3 Å². The summed E-state index contributed by atoms with van der Waals surface area (Å²) in [5, 5.41) is 0. The Morgan fingerprint density at radius 1 is 0.760 bits per heavy atom. The van der Waals surface area contributed by atoms with Gasteiger partial charge in [-0.2, -0.15) is 0 Å². The van der Waals surface area contributed by atoms with Gasteiger partial charge in [0.2, 0.25) is 0 Å². The molecule has 0 aromatic heterocycles. The van der Waals surface area contributed by atoms with Crippen LogP contribution in [-0.2, 0) is 0 Å². The summed E-state index contributed by atoms with van der Waals surface area (Å²) < 4.78 is 0. The number of rotatable bonds is 4. The van der Waals surface area contributed by atoms with Crippen molar-refractivity contribution in [3.8, 4) is 22.3 Å².